The molecule has 1 heterocycles. The Morgan fingerprint density at radius 2 is 1.73 bits per heavy atom. The zero-order chi connectivity index (χ0) is 26.3. The average molecular weight is 540 g/mol. The summed E-state index contributed by atoms with van der Waals surface area (Å²) in [6.45, 7) is 0. The van der Waals surface area contributed by atoms with Crippen LogP contribution in [0.4, 0.5) is 18.9 Å². The van der Waals surface area contributed by atoms with Gasteiger partial charge in [-0.25, -0.2) is 0 Å². The maximum atomic E-state index is 13.3. The van der Waals surface area contributed by atoms with Crippen LogP contribution < -0.4 is 45.3 Å². The summed E-state index contributed by atoms with van der Waals surface area (Å²) in [5.74, 6) is -2.63. The Morgan fingerprint density at radius 1 is 1.03 bits per heavy atom. The van der Waals surface area contributed by atoms with Gasteiger partial charge in [-0.1, -0.05) is 30.3 Å². The molecule has 0 spiro atoms. The van der Waals surface area contributed by atoms with Crippen LogP contribution in [0, 0.1) is 0 Å². The molecule has 0 bridgehead atoms. The molecule has 2 aromatic carbocycles. The third kappa shape index (κ3) is 8.06. The third-order valence-electron chi connectivity index (χ3n) is 5.18. The molecule has 37 heavy (non-hydrogen) atoms. The van der Waals surface area contributed by atoms with Crippen molar-refractivity contribution in [2.24, 2.45) is 0 Å². The summed E-state index contributed by atoms with van der Waals surface area (Å²) >= 11 is 1.42. The van der Waals surface area contributed by atoms with Crippen molar-refractivity contribution in [1.29, 1.82) is 0 Å². The minimum atomic E-state index is -4.75. The summed E-state index contributed by atoms with van der Waals surface area (Å²) in [5, 5.41) is 16.3. The number of rotatable bonds is 9. The fraction of sp³-hybridized carbons (Fsp3) is 0.200. The van der Waals surface area contributed by atoms with Crippen molar-refractivity contribution in [3.8, 4) is 11.1 Å². The van der Waals surface area contributed by atoms with Crippen molar-refractivity contribution in [1.82, 2.24) is 10.3 Å². The topological polar surface area (TPSA) is 111 Å². The number of halogens is 3. The number of carbonyl (C=O) groups is 3. The van der Waals surface area contributed by atoms with Gasteiger partial charge in [0.2, 0.25) is 0 Å². The number of hydrogen-bond acceptors (Lipinski definition) is 6. The van der Waals surface area contributed by atoms with Crippen LogP contribution in [0.15, 0.2) is 67.0 Å². The van der Waals surface area contributed by atoms with Crippen LogP contribution in [0.25, 0.3) is 11.1 Å². The van der Waals surface area contributed by atoms with Crippen molar-refractivity contribution in [2.75, 3.05) is 17.3 Å². The van der Waals surface area contributed by atoms with E-state index >= 15 is 0 Å². The van der Waals surface area contributed by atoms with Gasteiger partial charge in [-0.15, -0.1) is 0 Å². The molecule has 188 valence electrons. The molecule has 0 radical (unpaired) electrons. The van der Waals surface area contributed by atoms with Gasteiger partial charge < -0.3 is 20.5 Å². The number of carboxylic acid groups (broad SMARTS) is 1. The zero-order valence-corrected chi connectivity index (χ0v) is 22.8. The Kier molecular flexibility index (Phi) is 11.2. The molecule has 7 nitrogen and oxygen atoms in total. The van der Waals surface area contributed by atoms with E-state index < -0.39 is 41.1 Å². The number of carbonyl (C=O) groups excluding carboxylic acids is 3. The van der Waals surface area contributed by atoms with Gasteiger partial charge in [0.05, 0.1) is 23.1 Å². The Labute approximate surface area is 237 Å². The van der Waals surface area contributed by atoms with Crippen LogP contribution in [0.1, 0.15) is 32.7 Å². The van der Waals surface area contributed by atoms with Gasteiger partial charge in [0, 0.05) is 23.6 Å². The predicted octanol–water partition coefficient (Wildman–Crippen LogP) is 0.625. The third-order valence-corrected chi connectivity index (χ3v) is 5.82. The Morgan fingerprint density at radius 3 is 2.35 bits per heavy atom. The zero-order valence-electron chi connectivity index (χ0n) is 20.0. The minimum Gasteiger partial charge on any atom is -0.548 e. The van der Waals surface area contributed by atoms with Crippen molar-refractivity contribution < 1.29 is 62.2 Å². The van der Waals surface area contributed by atoms with Crippen molar-refractivity contribution in [2.45, 2.75) is 18.6 Å². The molecular formula is C25H21F3N3NaO4S. The van der Waals surface area contributed by atoms with E-state index in [1.165, 1.54) is 30.0 Å². The molecule has 0 saturated carbocycles. The predicted molar refractivity (Wildman–Crippen MR) is 128 cm³/mol. The Bertz CT molecular complexity index is 1260. The monoisotopic (exact) mass is 539 g/mol. The van der Waals surface area contributed by atoms with E-state index in [0.29, 0.717) is 22.9 Å². The molecule has 0 aliphatic rings. The molecule has 2 N–H and O–H groups in total. The smallest absolute Gasteiger partial charge is 0.548 e. The van der Waals surface area contributed by atoms with Crippen molar-refractivity contribution >= 4 is 35.2 Å². The largest absolute Gasteiger partial charge is 1.00 e. The van der Waals surface area contributed by atoms with Gasteiger partial charge in [0.25, 0.3) is 11.8 Å². The number of hydrogen-bond donors (Lipinski definition) is 2. The van der Waals surface area contributed by atoms with E-state index in [1.54, 1.807) is 36.6 Å². The van der Waals surface area contributed by atoms with E-state index in [-0.39, 0.29) is 47.2 Å². The summed E-state index contributed by atoms with van der Waals surface area (Å²) in [5.41, 5.74) is -0.620. The number of aliphatic carboxylic acids is 1. The van der Waals surface area contributed by atoms with Gasteiger partial charge in [-0.3, -0.25) is 14.6 Å². The van der Waals surface area contributed by atoms with Crippen LogP contribution in [0.2, 0.25) is 0 Å². The molecule has 0 fully saturated rings. The maximum absolute atomic E-state index is 13.3. The number of benzene rings is 2. The Balaban J connectivity index is 0.00000481. The first-order chi connectivity index (χ1) is 17.1. The molecule has 0 aliphatic carbocycles. The van der Waals surface area contributed by atoms with E-state index in [4.69, 9.17) is 0 Å². The summed E-state index contributed by atoms with van der Waals surface area (Å²) in [7, 11) is 0. The Hall–Kier alpha value is -2.86. The summed E-state index contributed by atoms with van der Waals surface area (Å²) in [6, 6.07) is 12.2. The van der Waals surface area contributed by atoms with Gasteiger partial charge in [-0.05, 0) is 53.8 Å². The molecule has 3 aromatic rings. The number of amides is 2. The number of thioether (sulfide) groups is 1. The summed E-state index contributed by atoms with van der Waals surface area (Å²) in [6.07, 6.45) is -1.01. The molecule has 0 aliphatic heterocycles. The first-order valence-electron chi connectivity index (χ1n) is 10.6. The van der Waals surface area contributed by atoms with Gasteiger partial charge in [0.15, 0.2) is 0 Å². The number of nitrogens with zero attached hydrogens (tertiary/aromatic N) is 1. The van der Waals surface area contributed by atoms with Crippen molar-refractivity contribution in [3.63, 3.8) is 0 Å². The summed E-state index contributed by atoms with van der Waals surface area (Å²) in [4.78, 5) is 40.7. The molecule has 12 heteroatoms. The maximum Gasteiger partial charge on any atom is 1.00 e. The fourth-order valence-corrected chi connectivity index (χ4v) is 3.89. The number of nitrogens with one attached hydrogen (secondary N) is 2. The molecule has 0 unspecified atom stereocenters. The van der Waals surface area contributed by atoms with E-state index in [9.17, 15) is 32.7 Å². The van der Waals surface area contributed by atoms with Crippen LogP contribution in [-0.2, 0) is 11.0 Å². The van der Waals surface area contributed by atoms with E-state index in [1.807, 2.05) is 0 Å². The minimum absolute atomic E-state index is 0. The molecule has 1 atom stereocenters. The average Bonchev–Trinajstić information content (AvgIpc) is 2.86. The first kappa shape index (κ1) is 30.4. The quantitative estimate of drug-likeness (QED) is 0.386. The number of pyridine rings is 1. The first-order valence-corrected chi connectivity index (χ1v) is 12.0. The summed E-state index contributed by atoms with van der Waals surface area (Å²) < 4.78 is 39.9. The van der Waals surface area contributed by atoms with Gasteiger partial charge >= 0.3 is 35.7 Å². The van der Waals surface area contributed by atoms with Crippen LogP contribution >= 0.6 is 11.8 Å². The molecule has 3 rings (SSSR count). The number of alkyl halides is 3. The van der Waals surface area contributed by atoms with Crippen LogP contribution in [-0.4, -0.2) is 40.8 Å². The van der Waals surface area contributed by atoms with E-state index in [2.05, 4.69) is 15.6 Å². The van der Waals surface area contributed by atoms with Gasteiger partial charge in [0.1, 0.15) is 0 Å². The van der Waals surface area contributed by atoms with E-state index in [0.717, 1.165) is 12.4 Å². The SMILES string of the molecule is CSCC[C@H](NC(=O)c1ccc(NC(=O)c2cnccc2C(F)(F)F)cc1-c1ccccc1)C(=O)[O-].[Na+]. The number of anilines is 1. The standard InChI is InChI=1S/C25H22F3N3O4S.Na/c1-36-12-10-21(24(34)35)31-22(32)17-8-7-16(13-18(17)15-5-3-2-4-6-15)30-23(33)19-14-29-11-9-20(19)25(26,27)28;/h2-9,11,13-14,21H,10,12H2,1H3,(H,30,33)(H,31,32)(H,34,35);/q;+1/p-1/t21-;/m0./s1. The molecular weight excluding hydrogens is 518 g/mol. The van der Waals surface area contributed by atoms with Crippen LogP contribution in [0.3, 0.4) is 0 Å². The van der Waals surface area contributed by atoms with Crippen LogP contribution in [0.5, 0.6) is 0 Å². The fourth-order valence-electron chi connectivity index (χ4n) is 3.42. The van der Waals surface area contributed by atoms with Crippen molar-refractivity contribution in [3.05, 3.63) is 83.7 Å². The number of carboxylic acids is 1. The molecule has 2 amide bonds. The molecule has 1 aromatic heterocycles. The second-order valence-electron chi connectivity index (χ2n) is 7.63. The normalized spacial score (nSPS) is 11.7. The molecule has 0 saturated heterocycles. The van der Waals surface area contributed by atoms with Gasteiger partial charge in [-0.2, -0.15) is 24.9 Å². The second kappa shape index (κ2) is 13.6. The second-order valence-corrected chi connectivity index (χ2v) is 8.61. The number of aromatic nitrogens is 1.